The monoisotopic (exact) mass is 478 g/mol. The number of phenolic OH excluding ortho intramolecular Hbond substituents is 1. The number of ether oxygens (including phenoxy) is 2. The Bertz CT molecular complexity index is 1040. The lowest BCUT2D eigenvalue weighted by molar-refractivity contribution is 0.223. The van der Waals surface area contributed by atoms with E-state index in [0.29, 0.717) is 30.8 Å². The van der Waals surface area contributed by atoms with E-state index in [-0.39, 0.29) is 35.3 Å². The zero-order valence-electron chi connectivity index (χ0n) is 19.6. The van der Waals surface area contributed by atoms with Crippen LogP contribution in [-0.4, -0.2) is 18.3 Å². The summed E-state index contributed by atoms with van der Waals surface area (Å²) in [6.07, 6.45) is 1.27. The smallest absolute Gasteiger partial charge is 0.200 e. The highest BCUT2D eigenvalue weighted by Crippen LogP contribution is 2.31. The van der Waals surface area contributed by atoms with Crippen LogP contribution < -0.4 is 4.74 Å². The molecule has 0 heterocycles. The van der Waals surface area contributed by atoms with E-state index in [9.17, 15) is 22.7 Å². The Labute approximate surface area is 198 Å². The zero-order chi connectivity index (χ0) is 25.4. The van der Waals surface area contributed by atoms with Crippen molar-refractivity contribution < 1.29 is 32.1 Å². The molecular formula is C27H30F4O3. The Morgan fingerprint density at radius 1 is 0.941 bits per heavy atom. The largest absolute Gasteiger partial charge is 0.505 e. The molecule has 3 nitrogen and oxygen atoms in total. The summed E-state index contributed by atoms with van der Waals surface area (Å²) in [5.41, 5.74) is 0.533. The van der Waals surface area contributed by atoms with Gasteiger partial charge in [-0.15, -0.1) is 0 Å². The molecule has 1 N–H and O–H groups in total. The Balaban J connectivity index is 1.88. The van der Waals surface area contributed by atoms with Crippen LogP contribution >= 0.6 is 0 Å². The van der Waals surface area contributed by atoms with Gasteiger partial charge in [0.25, 0.3) is 0 Å². The van der Waals surface area contributed by atoms with Crippen molar-refractivity contribution >= 4 is 0 Å². The van der Waals surface area contributed by atoms with Crippen molar-refractivity contribution in [3.63, 3.8) is 0 Å². The summed E-state index contributed by atoms with van der Waals surface area (Å²) in [7, 11) is 0. The van der Waals surface area contributed by atoms with Crippen molar-refractivity contribution in [2.75, 3.05) is 13.2 Å². The van der Waals surface area contributed by atoms with Gasteiger partial charge in [0.1, 0.15) is 5.75 Å². The molecule has 0 saturated carbocycles. The van der Waals surface area contributed by atoms with Crippen LogP contribution in [0.3, 0.4) is 0 Å². The fraction of sp³-hybridized carbons (Fsp3) is 0.333. The van der Waals surface area contributed by atoms with E-state index in [0.717, 1.165) is 6.07 Å². The van der Waals surface area contributed by atoms with Crippen LogP contribution in [0.1, 0.15) is 33.6 Å². The van der Waals surface area contributed by atoms with Crippen LogP contribution in [0, 0.1) is 23.5 Å². The number of halogens is 4. The number of phenols is 1. The van der Waals surface area contributed by atoms with Crippen molar-refractivity contribution in [1.29, 1.82) is 0 Å². The fourth-order valence-electron chi connectivity index (χ4n) is 3.24. The molecule has 0 radical (unpaired) electrons. The average molecular weight is 479 g/mol. The van der Waals surface area contributed by atoms with Crippen LogP contribution in [0.2, 0.25) is 0 Å². The minimum absolute atomic E-state index is 0.0342. The highest BCUT2D eigenvalue weighted by atomic mass is 19.2. The standard InChI is InChI=1S/C27H30F4O3/c1-6-33-19(5)25(29)24(28)18(4)17(3)8-7-16(2)15-34-21-11-9-20(10-12-21)22-13-14-23(32)27(31)26(22)30/h9-14,16-17,32H,4-8,15H2,1-3H3/b25-24-. The molecule has 2 atom stereocenters. The maximum absolute atomic E-state index is 14.3. The van der Waals surface area contributed by atoms with Crippen molar-refractivity contribution in [1.82, 2.24) is 0 Å². The van der Waals surface area contributed by atoms with Gasteiger partial charge in [-0.2, -0.15) is 8.78 Å². The van der Waals surface area contributed by atoms with Crippen molar-refractivity contribution in [3.05, 3.63) is 84.2 Å². The Kier molecular flexibility index (Phi) is 9.78. The van der Waals surface area contributed by atoms with Gasteiger partial charge in [-0.3, -0.25) is 0 Å². The van der Waals surface area contributed by atoms with Crippen molar-refractivity contribution in [2.24, 2.45) is 11.8 Å². The predicted molar refractivity (Wildman–Crippen MR) is 126 cm³/mol. The van der Waals surface area contributed by atoms with Gasteiger partial charge in [0.05, 0.1) is 13.2 Å². The first-order chi connectivity index (χ1) is 16.1. The molecule has 0 fully saturated rings. The summed E-state index contributed by atoms with van der Waals surface area (Å²) in [5, 5.41) is 9.25. The average Bonchev–Trinajstić information content (AvgIpc) is 2.83. The minimum Gasteiger partial charge on any atom is -0.505 e. The number of rotatable bonds is 12. The predicted octanol–water partition coefficient (Wildman–Crippen LogP) is 8.03. The maximum Gasteiger partial charge on any atom is 0.200 e. The van der Waals surface area contributed by atoms with Gasteiger partial charge in [-0.25, -0.2) is 8.78 Å². The van der Waals surface area contributed by atoms with Crippen LogP contribution in [0.4, 0.5) is 17.6 Å². The van der Waals surface area contributed by atoms with E-state index in [1.54, 1.807) is 38.1 Å². The SMILES string of the molecule is C=C(OCC)/C(F)=C(/F)C(=C)C(C)CCC(C)COc1ccc(-c2ccc(O)c(F)c2F)cc1. The number of allylic oxidation sites excluding steroid dienone is 3. The highest BCUT2D eigenvalue weighted by molar-refractivity contribution is 5.66. The third-order valence-electron chi connectivity index (χ3n) is 5.49. The molecule has 0 aliphatic carbocycles. The molecule has 2 aromatic rings. The molecule has 0 amide bonds. The molecule has 2 aromatic carbocycles. The van der Waals surface area contributed by atoms with Crippen LogP contribution in [0.15, 0.2) is 72.5 Å². The summed E-state index contributed by atoms with van der Waals surface area (Å²) < 4.78 is 66.7. The lowest BCUT2D eigenvalue weighted by atomic mass is 9.92. The molecule has 0 saturated heterocycles. The quantitative estimate of drug-likeness (QED) is 0.191. The topological polar surface area (TPSA) is 38.7 Å². The molecule has 0 aromatic heterocycles. The van der Waals surface area contributed by atoms with E-state index in [1.807, 2.05) is 6.92 Å². The van der Waals surface area contributed by atoms with Gasteiger partial charge in [-0.05, 0) is 67.0 Å². The molecule has 0 bridgehead atoms. The molecular weight excluding hydrogens is 448 g/mol. The third-order valence-corrected chi connectivity index (χ3v) is 5.49. The summed E-state index contributed by atoms with van der Waals surface area (Å²) >= 11 is 0. The van der Waals surface area contributed by atoms with Crippen molar-refractivity contribution in [2.45, 2.75) is 33.6 Å². The van der Waals surface area contributed by atoms with E-state index in [2.05, 4.69) is 13.2 Å². The first-order valence-corrected chi connectivity index (χ1v) is 11.0. The second-order valence-electron chi connectivity index (χ2n) is 8.19. The van der Waals surface area contributed by atoms with Gasteiger partial charge in [0.15, 0.2) is 29.0 Å². The molecule has 34 heavy (non-hydrogen) atoms. The van der Waals surface area contributed by atoms with E-state index in [1.165, 1.54) is 6.07 Å². The van der Waals surface area contributed by atoms with Gasteiger partial charge in [-0.1, -0.05) is 39.1 Å². The Morgan fingerprint density at radius 2 is 1.59 bits per heavy atom. The summed E-state index contributed by atoms with van der Waals surface area (Å²) in [6, 6.07) is 8.88. The maximum atomic E-state index is 14.3. The Hall–Kier alpha value is -3.22. The number of hydrogen-bond donors (Lipinski definition) is 1. The number of benzene rings is 2. The lowest BCUT2D eigenvalue weighted by Gasteiger charge is -2.18. The third kappa shape index (κ3) is 6.89. The van der Waals surface area contributed by atoms with E-state index in [4.69, 9.17) is 9.47 Å². The molecule has 0 spiro atoms. The molecule has 2 unspecified atom stereocenters. The normalized spacial score (nSPS) is 13.6. The number of hydrogen-bond acceptors (Lipinski definition) is 3. The fourth-order valence-corrected chi connectivity index (χ4v) is 3.24. The first-order valence-electron chi connectivity index (χ1n) is 11.0. The Morgan fingerprint density at radius 3 is 2.21 bits per heavy atom. The first kappa shape index (κ1) is 27.0. The molecule has 0 aliphatic heterocycles. The van der Waals surface area contributed by atoms with Gasteiger partial charge < -0.3 is 14.6 Å². The second-order valence-corrected chi connectivity index (χ2v) is 8.19. The van der Waals surface area contributed by atoms with Crippen LogP contribution in [-0.2, 0) is 4.74 Å². The van der Waals surface area contributed by atoms with E-state index >= 15 is 0 Å². The van der Waals surface area contributed by atoms with Gasteiger partial charge in [0, 0.05) is 5.56 Å². The zero-order valence-corrected chi connectivity index (χ0v) is 19.6. The molecule has 2 rings (SSSR count). The van der Waals surface area contributed by atoms with E-state index < -0.39 is 29.0 Å². The summed E-state index contributed by atoms with van der Waals surface area (Å²) in [6.45, 7) is 13.0. The molecule has 0 aliphatic rings. The van der Waals surface area contributed by atoms with Gasteiger partial charge in [0.2, 0.25) is 5.82 Å². The highest BCUT2D eigenvalue weighted by Gasteiger charge is 2.19. The van der Waals surface area contributed by atoms with Crippen LogP contribution in [0.5, 0.6) is 11.5 Å². The summed E-state index contributed by atoms with van der Waals surface area (Å²) in [4.78, 5) is 0. The molecule has 7 heteroatoms. The lowest BCUT2D eigenvalue weighted by Crippen LogP contribution is -2.11. The van der Waals surface area contributed by atoms with Gasteiger partial charge >= 0.3 is 0 Å². The second kappa shape index (κ2) is 12.3. The van der Waals surface area contributed by atoms with Crippen LogP contribution in [0.25, 0.3) is 11.1 Å². The summed E-state index contributed by atoms with van der Waals surface area (Å²) in [5.74, 6) is -5.29. The van der Waals surface area contributed by atoms with Crippen molar-refractivity contribution in [3.8, 4) is 22.6 Å². The number of aromatic hydroxyl groups is 1. The minimum atomic E-state index is -1.29. The molecule has 184 valence electrons.